The lowest BCUT2D eigenvalue weighted by Crippen LogP contribution is -2.04. The summed E-state index contributed by atoms with van der Waals surface area (Å²) >= 11 is 0. The van der Waals surface area contributed by atoms with E-state index in [1.807, 2.05) is 13.8 Å². The molecule has 0 radical (unpaired) electrons. The first kappa shape index (κ1) is 21.2. The van der Waals surface area contributed by atoms with Gasteiger partial charge in [-0.15, -0.1) is 0 Å². The normalized spacial score (nSPS) is 11.6. The zero-order valence-corrected chi connectivity index (χ0v) is 16.6. The van der Waals surface area contributed by atoms with Crippen molar-refractivity contribution in [2.24, 2.45) is 0 Å². The van der Waals surface area contributed by atoms with E-state index >= 15 is 0 Å². The highest BCUT2D eigenvalue weighted by atomic mass is 19.4. The van der Waals surface area contributed by atoms with Gasteiger partial charge >= 0.3 is 6.18 Å². The van der Waals surface area contributed by atoms with Crippen molar-refractivity contribution in [3.8, 4) is 28.4 Å². The van der Waals surface area contributed by atoms with E-state index in [1.54, 1.807) is 12.1 Å². The van der Waals surface area contributed by atoms with Crippen LogP contribution in [0.2, 0.25) is 0 Å². The van der Waals surface area contributed by atoms with E-state index in [2.05, 4.69) is 9.97 Å². The number of anilines is 2. The van der Waals surface area contributed by atoms with Crippen molar-refractivity contribution in [3.63, 3.8) is 0 Å². The average molecular weight is 418 g/mol. The number of nitrogens with zero attached hydrogens (tertiary/aromatic N) is 2. The molecule has 2 aromatic carbocycles. The molecule has 0 saturated carbocycles. The second-order valence-electron chi connectivity index (χ2n) is 6.90. The van der Waals surface area contributed by atoms with Crippen LogP contribution in [0.25, 0.3) is 11.1 Å². The molecule has 0 aliphatic rings. The molecule has 0 aliphatic heterocycles. The zero-order chi connectivity index (χ0) is 22.1. The largest absolute Gasteiger partial charge is 0.496 e. The number of nitrogens with two attached hydrogens (primary N) is 2. The third-order valence-electron chi connectivity index (χ3n) is 4.50. The summed E-state index contributed by atoms with van der Waals surface area (Å²) < 4.78 is 50.2. The highest BCUT2D eigenvalue weighted by molar-refractivity contribution is 5.74. The second-order valence-corrected chi connectivity index (χ2v) is 6.90. The number of ether oxygens (including phenoxy) is 2. The minimum atomic E-state index is -4.41. The summed E-state index contributed by atoms with van der Waals surface area (Å²) in [5.74, 6) is 1.34. The maximum absolute atomic E-state index is 12.9. The Morgan fingerprint density at radius 1 is 0.967 bits per heavy atom. The molecule has 0 unspecified atom stereocenters. The topological polar surface area (TPSA) is 96.3 Å². The Kier molecular flexibility index (Phi) is 5.73. The summed E-state index contributed by atoms with van der Waals surface area (Å²) in [6.07, 6.45) is -3.05. The number of rotatable bonds is 5. The molecule has 4 N–H and O–H groups in total. The van der Waals surface area contributed by atoms with Crippen LogP contribution >= 0.6 is 0 Å². The molecule has 0 bridgehead atoms. The van der Waals surface area contributed by atoms with E-state index < -0.39 is 11.7 Å². The number of aromatic nitrogens is 2. The van der Waals surface area contributed by atoms with Gasteiger partial charge in [0.2, 0.25) is 5.95 Å². The smallest absolute Gasteiger partial charge is 0.416 e. The van der Waals surface area contributed by atoms with Crippen molar-refractivity contribution in [3.05, 3.63) is 53.7 Å². The van der Waals surface area contributed by atoms with Crippen LogP contribution in [0.5, 0.6) is 17.2 Å². The van der Waals surface area contributed by atoms with E-state index in [-0.39, 0.29) is 23.4 Å². The monoisotopic (exact) mass is 418 g/mol. The molecule has 1 aromatic heterocycles. The molecule has 9 heteroatoms. The Morgan fingerprint density at radius 2 is 1.63 bits per heavy atom. The lowest BCUT2D eigenvalue weighted by molar-refractivity contribution is -0.137. The number of alkyl halides is 3. The van der Waals surface area contributed by atoms with E-state index in [9.17, 15) is 13.2 Å². The molecule has 1 heterocycles. The van der Waals surface area contributed by atoms with Gasteiger partial charge in [-0.25, -0.2) is 4.98 Å². The van der Waals surface area contributed by atoms with Crippen LogP contribution in [0.15, 0.2) is 42.6 Å². The van der Waals surface area contributed by atoms with Gasteiger partial charge in [0.1, 0.15) is 11.5 Å². The Balaban J connectivity index is 2.10. The van der Waals surface area contributed by atoms with E-state index in [0.29, 0.717) is 22.6 Å². The molecular weight excluding hydrogens is 397 g/mol. The third kappa shape index (κ3) is 4.40. The van der Waals surface area contributed by atoms with Gasteiger partial charge in [-0.3, -0.25) is 0 Å². The molecular formula is C21H21F3N4O2. The molecule has 3 aromatic rings. The molecule has 0 atom stereocenters. The number of hydrogen-bond acceptors (Lipinski definition) is 6. The zero-order valence-electron chi connectivity index (χ0n) is 16.6. The van der Waals surface area contributed by atoms with Crippen LogP contribution in [-0.2, 0) is 6.18 Å². The summed E-state index contributed by atoms with van der Waals surface area (Å²) in [7, 11) is 1.50. The molecule has 3 rings (SSSR count). The van der Waals surface area contributed by atoms with Crippen LogP contribution in [0, 0.1) is 0 Å². The predicted octanol–water partition coefficient (Wildman–Crippen LogP) is 5.25. The maximum Gasteiger partial charge on any atom is 0.416 e. The fourth-order valence-electron chi connectivity index (χ4n) is 2.94. The van der Waals surface area contributed by atoms with Crippen LogP contribution in [0.3, 0.4) is 0 Å². The standard InChI is InChI=1S/C21H21F3N4O2/c1-11(2)14-8-16(29-3)15(12-4-6-13(7-5-12)21(22,23)24)9-17(14)30-18-10-27-20(26)28-19(18)25/h4-11H,1-3H3,(H4,25,26,27,28). The average Bonchev–Trinajstić information content (AvgIpc) is 2.69. The fourth-order valence-corrected chi connectivity index (χ4v) is 2.94. The maximum atomic E-state index is 12.9. The number of methoxy groups -OCH3 is 1. The van der Waals surface area contributed by atoms with Gasteiger partial charge in [0, 0.05) is 11.1 Å². The molecule has 0 fully saturated rings. The van der Waals surface area contributed by atoms with Crippen LogP contribution in [-0.4, -0.2) is 17.1 Å². The number of benzene rings is 2. The lowest BCUT2D eigenvalue weighted by atomic mass is 9.95. The quantitative estimate of drug-likeness (QED) is 0.587. The Morgan fingerprint density at radius 3 is 2.17 bits per heavy atom. The summed E-state index contributed by atoms with van der Waals surface area (Å²) in [4.78, 5) is 7.77. The van der Waals surface area contributed by atoms with Gasteiger partial charge < -0.3 is 20.9 Å². The summed E-state index contributed by atoms with van der Waals surface area (Å²) in [6, 6.07) is 8.32. The second kappa shape index (κ2) is 8.10. The van der Waals surface area contributed by atoms with E-state index in [0.717, 1.165) is 17.7 Å². The van der Waals surface area contributed by atoms with Crippen molar-refractivity contribution in [2.45, 2.75) is 25.9 Å². The van der Waals surface area contributed by atoms with Gasteiger partial charge in [0.15, 0.2) is 11.6 Å². The minimum Gasteiger partial charge on any atom is -0.496 e. The van der Waals surface area contributed by atoms with Crippen molar-refractivity contribution < 1.29 is 22.6 Å². The molecule has 30 heavy (non-hydrogen) atoms. The first-order valence-electron chi connectivity index (χ1n) is 9.05. The van der Waals surface area contributed by atoms with Crippen LogP contribution in [0.1, 0.15) is 30.9 Å². The minimum absolute atomic E-state index is 0.0177. The highest BCUT2D eigenvalue weighted by Crippen LogP contribution is 2.42. The first-order chi connectivity index (χ1) is 14.1. The predicted molar refractivity (Wildman–Crippen MR) is 108 cm³/mol. The molecule has 0 amide bonds. The first-order valence-corrected chi connectivity index (χ1v) is 9.05. The van der Waals surface area contributed by atoms with E-state index in [4.69, 9.17) is 20.9 Å². The number of halogens is 3. The molecule has 0 spiro atoms. The third-order valence-corrected chi connectivity index (χ3v) is 4.50. The van der Waals surface area contributed by atoms with Crippen molar-refractivity contribution >= 4 is 11.8 Å². The van der Waals surface area contributed by atoms with Gasteiger partial charge in [-0.2, -0.15) is 18.2 Å². The van der Waals surface area contributed by atoms with Crippen molar-refractivity contribution in [2.75, 3.05) is 18.6 Å². The van der Waals surface area contributed by atoms with Gasteiger partial charge in [0.25, 0.3) is 0 Å². The van der Waals surface area contributed by atoms with Gasteiger partial charge in [-0.05, 0) is 35.7 Å². The summed E-state index contributed by atoms with van der Waals surface area (Å²) in [5.41, 5.74) is 12.6. The number of nitrogen functional groups attached to an aromatic ring is 2. The van der Waals surface area contributed by atoms with Gasteiger partial charge in [0.05, 0.1) is 18.9 Å². The molecule has 0 saturated heterocycles. The Hall–Kier alpha value is -3.49. The number of hydrogen-bond donors (Lipinski definition) is 2. The van der Waals surface area contributed by atoms with Crippen molar-refractivity contribution in [1.29, 1.82) is 0 Å². The summed E-state index contributed by atoms with van der Waals surface area (Å²) in [5, 5.41) is 0. The Bertz CT molecular complexity index is 1050. The Labute approximate surface area is 171 Å². The SMILES string of the molecule is COc1cc(C(C)C)c(Oc2cnc(N)nc2N)cc1-c1ccc(C(F)(F)F)cc1. The highest BCUT2D eigenvalue weighted by Gasteiger charge is 2.30. The van der Waals surface area contributed by atoms with Gasteiger partial charge in [-0.1, -0.05) is 26.0 Å². The summed E-state index contributed by atoms with van der Waals surface area (Å²) in [6.45, 7) is 3.95. The van der Waals surface area contributed by atoms with Crippen LogP contribution in [0.4, 0.5) is 24.9 Å². The lowest BCUT2D eigenvalue weighted by Gasteiger charge is -2.19. The van der Waals surface area contributed by atoms with Crippen LogP contribution < -0.4 is 20.9 Å². The fraction of sp³-hybridized carbons (Fsp3) is 0.238. The molecule has 6 nitrogen and oxygen atoms in total. The van der Waals surface area contributed by atoms with E-state index in [1.165, 1.54) is 25.4 Å². The molecule has 158 valence electrons. The van der Waals surface area contributed by atoms with Crippen molar-refractivity contribution in [1.82, 2.24) is 9.97 Å². The molecule has 0 aliphatic carbocycles.